The van der Waals surface area contributed by atoms with Crippen molar-refractivity contribution >= 4 is 51.8 Å². The van der Waals surface area contributed by atoms with Crippen LogP contribution in [0.15, 0.2) is 30.3 Å². The highest BCUT2D eigenvalue weighted by molar-refractivity contribution is 14.1. The SMILES string of the molecule is CCOC(=O)c1cc(I)c(OCc2ccc(Cl)cc2Cl)c(OC)c1. The minimum atomic E-state index is -0.402. The van der Waals surface area contributed by atoms with Crippen LogP contribution in [0.3, 0.4) is 0 Å². The number of hydrogen-bond donors (Lipinski definition) is 0. The van der Waals surface area contributed by atoms with Crippen LogP contribution in [0, 0.1) is 3.57 Å². The van der Waals surface area contributed by atoms with Crippen LogP contribution in [0.4, 0.5) is 0 Å². The summed E-state index contributed by atoms with van der Waals surface area (Å²) in [6.07, 6.45) is 0. The van der Waals surface area contributed by atoms with Crippen LogP contribution in [-0.2, 0) is 11.3 Å². The smallest absolute Gasteiger partial charge is 0.338 e. The van der Waals surface area contributed by atoms with Gasteiger partial charge in [0, 0.05) is 15.6 Å². The molecule has 0 radical (unpaired) electrons. The molecule has 0 aliphatic rings. The van der Waals surface area contributed by atoms with Gasteiger partial charge in [-0.25, -0.2) is 4.79 Å². The molecule has 2 aromatic rings. The quantitative estimate of drug-likeness (QED) is 0.412. The van der Waals surface area contributed by atoms with Crippen molar-refractivity contribution in [2.45, 2.75) is 13.5 Å². The molecule has 0 fully saturated rings. The first kappa shape index (κ1) is 19.1. The Bertz CT molecular complexity index is 750. The van der Waals surface area contributed by atoms with Crippen molar-refractivity contribution in [1.82, 2.24) is 0 Å². The lowest BCUT2D eigenvalue weighted by Gasteiger charge is -2.15. The fourth-order valence-electron chi connectivity index (χ4n) is 1.98. The predicted octanol–water partition coefficient (Wildman–Crippen LogP) is 5.36. The Morgan fingerprint density at radius 2 is 1.96 bits per heavy atom. The molecule has 24 heavy (non-hydrogen) atoms. The Balaban J connectivity index is 2.25. The van der Waals surface area contributed by atoms with E-state index in [1.54, 1.807) is 37.3 Å². The van der Waals surface area contributed by atoms with Crippen LogP contribution in [0.2, 0.25) is 10.0 Å². The van der Waals surface area contributed by atoms with Crippen LogP contribution in [0.25, 0.3) is 0 Å². The van der Waals surface area contributed by atoms with Crippen molar-refractivity contribution in [3.05, 3.63) is 55.1 Å². The molecule has 0 aromatic heterocycles. The maximum Gasteiger partial charge on any atom is 0.338 e. The van der Waals surface area contributed by atoms with Crippen molar-refractivity contribution in [2.75, 3.05) is 13.7 Å². The van der Waals surface area contributed by atoms with Gasteiger partial charge in [-0.1, -0.05) is 29.3 Å². The Kier molecular flexibility index (Phi) is 7.01. The number of methoxy groups -OCH3 is 1. The number of rotatable bonds is 6. The zero-order valence-electron chi connectivity index (χ0n) is 13.1. The van der Waals surface area contributed by atoms with Crippen molar-refractivity contribution < 1.29 is 19.0 Å². The monoisotopic (exact) mass is 480 g/mol. The van der Waals surface area contributed by atoms with E-state index in [4.69, 9.17) is 37.4 Å². The molecule has 0 amide bonds. The van der Waals surface area contributed by atoms with Crippen molar-refractivity contribution in [3.8, 4) is 11.5 Å². The predicted molar refractivity (Wildman–Crippen MR) is 102 cm³/mol. The zero-order chi connectivity index (χ0) is 17.7. The van der Waals surface area contributed by atoms with Gasteiger partial charge in [0.1, 0.15) is 6.61 Å². The average Bonchev–Trinajstić information content (AvgIpc) is 2.54. The molecule has 0 unspecified atom stereocenters. The minimum Gasteiger partial charge on any atom is -0.493 e. The highest BCUT2D eigenvalue weighted by Gasteiger charge is 2.17. The van der Waals surface area contributed by atoms with Gasteiger partial charge in [0.15, 0.2) is 11.5 Å². The first-order valence-electron chi connectivity index (χ1n) is 7.07. The molecule has 7 heteroatoms. The van der Waals surface area contributed by atoms with Crippen LogP contribution in [0.1, 0.15) is 22.8 Å². The first-order chi connectivity index (χ1) is 11.5. The Morgan fingerprint density at radius 3 is 2.58 bits per heavy atom. The normalized spacial score (nSPS) is 10.4. The molecule has 0 aliphatic carbocycles. The molecule has 2 rings (SSSR count). The number of halogens is 3. The maximum absolute atomic E-state index is 11.9. The van der Waals surface area contributed by atoms with Crippen molar-refractivity contribution in [2.24, 2.45) is 0 Å². The summed E-state index contributed by atoms with van der Waals surface area (Å²) in [5.74, 6) is 0.591. The van der Waals surface area contributed by atoms with Gasteiger partial charge < -0.3 is 14.2 Å². The summed E-state index contributed by atoms with van der Waals surface area (Å²) in [5, 5.41) is 1.09. The van der Waals surface area contributed by atoms with E-state index in [1.165, 1.54) is 7.11 Å². The molecule has 2 aromatic carbocycles. The fraction of sp³-hybridized carbons (Fsp3) is 0.235. The first-order valence-corrected chi connectivity index (χ1v) is 8.91. The Morgan fingerprint density at radius 1 is 1.21 bits per heavy atom. The summed E-state index contributed by atoms with van der Waals surface area (Å²) < 4.78 is 16.9. The second-order valence-electron chi connectivity index (χ2n) is 4.73. The third-order valence-electron chi connectivity index (χ3n) is 3.13. The number of benzene rings is 2. The third kappa shape index (κ3) is 4.68. The largest absolute Gasteiger partial charge is 0.493 e. The number of ether oxygens (including phenoxy) is 3. The molecule has 0 saturated heterocycles. The molecule has 4 nitrogen and oxygen atoms in total. The van der Waals surface area contributed by atoms with Gasteiger partial charge in [-0.3, -0.25) is 0 Å². The maximum atomic E-state index is 11.9. The van der Waals surface area contributed by atoms with Crippen molar-refractivity contribution in [3.63, 3.8) is 0 Å². The summed E-state index contributed by atoms with van der Waals surface area (Å²) in [6.45, 7) is 2.32. The lowest BCUT2D eigenvalue weighted by atomic mass is 10.2. The van der Waals surface area contributed by atoms with E-state index in [-0.39, 0.29) is 6.61 Å². The van der Waals surface area contributed by atoms with E-state index in [0.717, 1.165) is 9.13 Å². The molecule has 0 atom stereocenters. The van der Waals surface area contributed by atoms with Gasteiger partial charge in [-0.2, -0.15) is 0 Å². The average molecular weight is 481 g/mol. The molecular formula is C17H15Cl2IO4. The number of carbonyl (C=O) groups excluding carboxylic acids is 1. The summed E-state index contributed by atoms with van der Waals surface area (Å²) in [6, 6.07) is 8.50. The second kappa shape index (κ2) is 8.78. The van der Waals surface area contributed by atoms with E-state index in [0.29, 0.717) is 33.7 Å². The molecule has 0 spiro atoms. The van der Waals surface area contributed by atoms with E-state index in [1.807, 2.05) is 0 Å². The minimum absolute atomic E-state index is 0.251. The second-order valence-corrected chi connectivity index (χ2v) is 6.74. The Labute approximate surface area is 164 Å². The molecule has 0 saturated carbocycles. The summed E-state index contributed by atoms with van der Waals surface area (Å²) in [7, 11) is 1.52. The summed E-state index contributed by atoms with van der Waals surface area (Å²) in [5.41, 5.74) is 1.21. The van der Waals surface area contributed by atoms with E-state index in [2.05, 4.69) is 22.6 Å². The van der Waals surface area contributed by atoms with Crippen LogP contribution < -0.4 is 9.47 Å². The molecule has 0 N–H and O–H groups in total. The van der Waals surface area contributed by atoms with Crippen LogP contribution in [0.5, 0.6) is 11.5 Å². The number of hydrogen-bond acceptors (Lipinski definition) is 4. The van der Waals surface area contributed by atoms with Crippen molar-refractivity contribution in [1.29, 1.82) is 0 Å². The van der Waals surface area contributed by atoms with Gasteiger partial charge in [-0.15, -0.1) is 0 Å². The summed E-state index contributed by atoms with van der Waals surface area (Å²) in [4.78, 5) is 11.9. The van der Waals surface area contributed by atoms with Gasteiger partial charge in [0.25, 0.3) is 0 Å². The number of esters is 1. The van der Waals surface area contributed by atoms with Crippen LogP contribution >= 0.6 is 45.8 Å². The standard InChI is InChI=1S/C17H15Cl2IO4/c1-3-23-17(21)11-6-14(20)16(15(7-11)22-2)24-9-10-4-5-12(18)8-13(10)19/h4-8H,3,9H2,1-2H3. The third-order valence-corrected chi connectivity index (χ3v) is 4.52. The molecule has 0 aliphatic heterocycles. The number of carbonyl (C=O) groups is 1. The van der Waals surface area contributed by atoms with Gasteiger partial charge in [0.2, 0.25) is 0 Å². The molecule has 0 heterocycles. The van der Waals surface area contributed by atoms with Gasteiger partial charge >= 0.3 is 5.97 Å². The van der Waals surface area contributed by atoms with E-state index >= 15 is 0 Å². The highest BCUT2D eigenvalue weighted by Crippen LogP contribution is 2.35. The van der Waals surface area contributed by atoms with Gasteiger partial charge in [-0.05, 0) is 53.8 Å². The topological polar surface area (TPSA) is 44.8 Å². The lowest BCUT2D eigenvalue weighted by Crippen LogP contribution is -2.07. The van der Waals surface area contributed by atoms with Crippen LogP contribution in [-0.4, -0.2) is 19.7 Å². The Hall–Kier alpha value is -1.18. The molecular weight excluding hydrogens is 466 g/mol. The highest BCUT2D eigenvalue weighted by atomic mass is 127. The molecule has 128 valence electrons. The fourth-order valence-corrected chi connectivity index (χ4v) is 3.20. The zero-order valence-corrected chi connectivity index (χ0v) is 16.7. The lowest BCUT2D eigenvalue weighted by molar-refractivity contribution is 0.0525. The summed E-state index contributed by atoms with van der Waals surface area (Å²) >= 11 is 14.1. The van der Waals surface area contributed by atoms with E-state index in [9.17, 15) is 4.79 Å². The van der Waals surface area contributed by atoms with E-state index < -0.39 is 5.97 Å². The van der Waals surface area contributed by atoms with Gasteiger partial charge in [0.05, 0.1) is 22.9 Å². The molecule has 0 bridgehead atoms.